The van der Waals surface area contributed by atoms with Gasteiger partial charge in [-0.15, -0.1) is 0 Å². The van der Waals surface area contributed by atoms with Gasteiger partial charge in [-0.25, -0.2) is 4.98 Å². The van der Waals surface area contributed by atoms with E-state index in [1.54, 1.807) is 0 Å². The zero-order valence-corrected chi connectivity index (χ0v) is 19.1. The zero-order valence-electron chi connectivity index (χ0n) is 16.0. The van der Waals surface area contributed by atoms with E-state index in [1.807, 2.05) is 36.4 Å². The van der Waals surface area contributed by atoms with Crippen molar-refractivity contribution >= 4 is 31.9 Å². The van der Waals surface area contributed by atoms with Crippen molar-refractivity contribution < 1.29 is 4.74 Å². The highest BCUT2D eigenvalue weighted by atomic mass is 79.9. The van der Waals surface area contributed by atoms with Gasteiger partial charge in [-0.05, 0) is 81.1 Å². The minimum Gasteiger partial charge on any atom is -0.481 e. The zero-order chi connectivity index (χ0) is 20.2. The minimum absolute atomic E-state index is 0.517. The van der Waals surface area contributed by atoms with Crippen molar-refractivity contribution in [3.05, 3.63) is 81.4 Å². The Morgan fingerprint density at radius 2 is 1.59 bits per heavy atom. The van der Waals surface area contributed by atoms with Crippen LogP contribution in [0.3, 0.4) is 0 Å². The van der Waals surface area contributed by atoms with Crippen LogP contribution in [0.1, 0.15) is 19.5 Å². The molecule has 0 unspecified atom stereocenters. The summed E-state index contributed by atoms with van der Waals surface area (Å²) in [4.78, 5) is 8.50. The quantitative estimate of drug-likeness (QED) is 0.302. The van der Waals surface area contributed by atoms with Gasteiger partial charge in [0, 0.05) is 20.1 Å². The third-order valence-corrected chi connectivity index (χ3v) is 6.54. The fourth-order valence-electron chi connectivity index (χ4n) is 3.78. The lowest BCUT2D eigenvalue weighted by molar-refractivity contribution is 0.101. The van der Waals surface area contributed by atoms with Crippen LogP contribution in [-0.2, 0) is 5.60 Å². The lowest BCUT2D eigenvalue weighted by atomic mass is 9.93. The normalized spacial score (nSPS) is 14.1. The number of hydrogen-bond acceptors (Lipinski definition) is 2. The summed E-state index contributed by atoms with van der Waals surface area (Å²) in [6, 6.07) is 22.7. The second-order valence-electron chi connectivity index (χ2n) is 7.60. The van der Waals surface area contributed by atoms with E-state index in [9.17, 15) is 0 Å². The highest BCUT2D eigenvalue weighted by Crippen LogP contribution is 2.47. The molecule has 3 aromatic carbocycles. The molecule has 0 bridgehead atoms. The van der Waals surface area contributed by atoms with E-state index in [0.717, 1.165) is 48.6 Å². The number of hydrogen-bond donors (Lipinski definition) is 1. The maximum atomic E-state index is 6.42. The van der Waals surface area contributed by atoms with Gasteiger partial charge in [-0.3, -0.25) is 0 Å². The Labute approximate surface area is 186 Å². The van der Waals surface area contributed by atoms with Gasteiger partial charge in [0.25, 0.3) is 0 Å². The number of benzene rings is 3. The lowest BCUT2D eigenvalue weighted by Gasteiger charge is -2.32. The van der Waals surface area contributed by atoms with Crippen LogP contribution >= 0.6 is 31.9 Å². The number of H-pyrrole nitrogens is 1. The van der Waals surface area contributed by atoms with Crippen LogP contribution in [0, 0.1) is 0 Å². The molecule has 29 heavy (non-hydrogen) atoms. The molecule has 1 aromatic heterocycles. The third kappa shape index (κ3) is 3.13. The number of halogens is 2. The molecule has 5 rings (SSSR count). The standard InChI is InChI=1S/C24H18Br2N2O/c1-24(2)22-21(27-23(28-22)20-17(25)9-6-10-18(20)26)16-12-11-15(13-19(16)29-24)14-7-4-3-5-8-14/h3-13H,1-2H3,(H,27,28). The van der Waals surface area contributed by atoms with Gasteiger partial charge in [-0.2, -0.15) is 0 Å². The largest absolute Gasteiger partial charge is 0.481 e. The summed E-state index contributed by atoms with van der Waals surface area (Å²) >= 11 is 7.30. The Bertz CT molecular complexity index is 1210. The molecule has 1 aliphatic heterocycles. The first-order valence-corrected chi connectivity index (χ1v) is 11.0. The molecule has 0 spiro atoms. The molecule has 144 valence electrons. The average Bonchev–Trinajstić information content (AvgIpc) is 3.14. The number of fused-ring (bicyclic) bond motifs is 3. The smallest absolute Gasteiger partial charge is 0.145 e. The molecular formula is C24H18Br2N2O. The van der Waals surface area contributed by atoms with Crippen LogP contribution in [0.5, 0.6) is 5.75 Å². The van der Waals surface area contributed by atoms with Crippen molar-refractivity contribution in [2.45, 2.75) is 19.4 Å². The summed E-state index contributed by atoms with van der Waals surface area (Å²) < 4.78 is 8.39. The van der Waals surface area contributed by atoms with Crippen molar-refractivity contribution in [1.82, 2.24) is 9.97 Å². The van der Waals surface area contributed by atoms with Gasteiger partial charge >= 0.3 is 0 Å². The molecule has 5 heteroatoms. The number of aromatic amines is 1. The van der Waals surface area contributed by atoms with Gasteiger partial charge in [0.05, 0.1) is 11.4 Å². The monoisotopic (exact) mass is 508 g/mol. The SMILES string of the molecule is CC1(C)Oc2cc(-c3ccccc3)ccc2-c2nc(-c3c(Br)cccc3Br)[nH]c21. The van der Waals surface area contributed by atoms with Crippen molar-refractivity contribution in [3.8, 4) is 39.5 Å². The Kier molecular flexibility index (Phi) is 4.41. The number of rotatable bonds is 2. The van der Waals surface area contributed by atoms with Crippen molar-refractivity contribution in [1.29, 1.82) is 0 Å². The summed E-state index contributed by atoms with van der Waals surface area (Å²) in [5.74, 6) is 1.67. The summed E-state index contributed by atoms with van der Waals surface area (Å²) in [6.07, 6.45) is 0. The fraction of sp³-hybridized carbons (Fsp3) is 0.125. The number of ether oxygens (including phenoxy) is 1. The molecule has 0 fully saturated rings. The number of imidazole rings is 1. The van der Waals surface area contributed by atoms with Gasteiger partial charge in [-0.1, -0.05) is 42.5 Å². The maximum Gasteiger partial charge on any atom is 0.145 e. The lowest BCUT2D eigenvalue weighted by Crippen LogP contribution is -2.29. The molecular weight excluding hydrogens is 492 g/mol. The van der Waals surface area contributed by atoms with Crippen LogP contribution in [0.25, 0.3) is 33.8 Å². The molecule has 1 N–H and O–H groups in total. The van der Waals surface area contributed by atoms with Crippen molar-refractivity contribution in [2.75, 3.05) is 0 Å². The van der Waals surface area contributed by atoms with E-state index in [2.05, 4.69) is 81.0 Å². The Balaban J connectivity index is 1.68. The molecule has 0 amide bonds. The van der Waals surface area contributed by atoms with Gasteiger partial charge in [0.1, 0.15) is 17.2 Å². The molecule has 4 aromatic rings. The van der Waals surface area contributed by atoms with E-state index in [0.29, 0.717) is 0 Å². The third-order valence-electron chi connectivity index (χ3n) is 5.21. The van der Waals surface area contributed by atoms with E-state index >= 15 is 0 Å². The van der Waals surface area contributed by atoms with Crippen LogP contribution in [0.2, 0.25) is 0 Å². The topological polar surface area (TPSA) is 37.9 Å². The molecule has 0 aliphatic carbocycles. The molecule has 3 nitrogen and oxygen atoms in total. The van der Waals surface area contributed by atoms with Crippen LogP contribution < -0.4 is 4.74 Å². The van der Waals surface area contributed by atoms with E-state index in [4.69, 9.17) is 9.72 Å². The predicted molar refractivity (Wildman–Crippen MR) is 124 cm³/mol. The van der Waals surface area contributed by atoms with E-state index in [-0.39, 0.29) is 0 Å². The highest BCUT2D eigenvalue weighted by Gasteiger charge is 2.36. The number of nitrogens with one attached hydrogen (secondary N) is 1. The molecule has 0 atom stereocenters. The summed E-state index contributed by atoms with van der Waals surface area (Å²) in [5.41, 5.74) is 5.71. The van der Waals surface area contributed by atoms with Gasteiger partial charge in [0.15, 0.2) is 0 Å². The predicted octanol–water partition coefficient (Wildman–Crippen LogP) is 7.56. The Morgan fingerprint density at radius 1 is 0.862 bits per heavy atom. The van der Waals surface area contributed by atoms with Crippen LogP contribution in [-0.4, -0.2) is 9.97 Å². The van der Waals surface area contributed by atoms with E-state index < -0.39 is 5.60 Å². The summed E-state index contributed by atoms with van der Waals surface area (Å²) in [6.45, 7) is 4.14. The summed E-state index contributed by atoms with van der Waals surface area (Å²) in [7, 11) is 0. The fourth-order valence-corrected chi connectivity index (χ4v) is 5.16. The molecule has 0 radical (unpaired) electrons. The Hall–Kier alpha value is -2.37. The van der Waals surface area contributed by atoms with Gasteiger partial charge < -0.3 is 9.72 Å². The first kappa shape index (κ1) is 18.6. The molecule has 2 heterocycles. The van der Waals surface area contributed by atoms with E-state index in [1.165, 1.54) is 5.56 Å². The van der Waals surface area contributed by atoms with Gasteiger partial charge in [0.2, 0.25) is 0 Å². The van der Waals surface area contributed by atoms with Crippen molar-refractivity contribution in [3.63, 3.8) is 0 Å². The average molecular weight is 510 g/mol. The molecule has 1 aliphatic rings. The second-order valence-corrected chi connectivity index (χ2v) is 9.30. The minimum atomic E-state index is -0.517. The molecule has 0 saturated heterocycles. The Morgan fingerprint density at radius 3 is 2.31 bits per heavy atom. The first-order valence-electron chi connectivity index (χ1n) is 9.38. The highest BCUT2D eigenvalue weighted by molar-refractivity contribution is 9.11. The first-order chi connectivity index (χ1) is 13.9. The maximum absolute atomic E-state index is 6.42. The molecule has 0 saturated carbocycles. The number of aromatic nitrogens is 2. The number of nitrogens with zero attached hydrogens (tertiary/aromatic N) is 1. The van der Waals surface area contributed by atoms with Crippen LogP contribution in [0.15, 0.2) is 75.7 Å². The van der Waals surface area contributed by atoms with Crippen LogP contribution in [0.4, 0.5) is 0 Å². The summed E-state index contributed by atoms with van der Waals surface area (Å²) in [5, 5.41) is 0. The van der Waals surface area contributed by atoms with Crippen molar-refractivity contribution in [2.24, 2.45) is 0 Å². The second kappa shape index (κ2) is 6.85.